The van der Waals surface area contributed by atoms with E-state index in [1.54, 1.807) is 0 Å². The molecule has 1 N–H and O–H groups in total. The van der Waals surface area contributed by atoms with Crippen molar-refractivity contribution in [3.63, 3.8) is 0 Å². The number of nitro groups is 1. The summed E-state index contributed by atoms with van der Waals surface area (Å²) < 4.78 is 0. The second-order valence-electron chi connectivity index (χ2n) is 4.39. The van der Waals surface area contributed by atoms with Gasteiger partial charge in [0, 0.05) is 18.8 Å². The maximum absolute atomic E-state index is 12.0. The van der Waals surface area contributed by atoms with E-state index in [0.717, 1.165) is 0 Å². The molecular formula is C11H15ClN4O3. The molecule has 0 saturated carbocycles. The van der Waals surface area contributed by atoms with Gasteiger partial charge in [-0.15, -0.1) is 0 Å². The first kappa shape index (κ1) is 15.3. The van der Waals surface area contributed by atoms with Crippen LogP contribution in [0.15, 0.2) is 12.3 Å². The Morgan fingerprint density at radius 3 is 2.79 bits per heavy atom. The molecule has 7 nitrogen and oxygen atoms in total. The number of nitrogens with one attached hydrogen (secondary N) is 1. The molecule has 1 heterocycles. The van der Waals surface area contributed by atoms with E-state index in [-0.39, 0.29) is 16.8 Å². The van der Waals surface area contributed by atoms with Crippen LogP contribution in [0.1, 0.15) is 17.3 Å². The van der Waals surface area contributed by atoms with Gasteiger partial charge in [-0.25, -0.2) is 4.98 Å². The van der Waals surface area contributed by atoms with E-state index < -0.39 is 16.5 Å². The van der Waals surface area contributed by atoms with Gasteiger partial charge in [0.05, 0.1) is 4.92 Å². The van der Waals surface area contributed by atoms with Gasteiger partial charge < -0.3 is 10.2 Å². The molecule has 1 amide bonds. The molecule has 1 unspecified atom stereocenters. The highest BCUT2D eigenvalue weighted by Gasteiger charge is 2.25. The van der Waals surface area contributed by atoms with E-state index in [2.05, 4.69) is 10.3 Å². The minimum atomic E-state index is -0.707. The minimum Gasteiger partial charge on any atom is -0.348 e. The third kappa shape index (κ3) is 4.15. The van der Waals surface area contributed by atoms with Gasteiger partial charge in [0.2, 0.25) is 5.15 Å². The molecule has 0 aromatic carbocycles. The van der Waals surface area contributed by atoms with Crippen molar-refractivity contribution in [3.05, 3.63) is 33.1 Å². The average Bonchev–Trinajstić information content (AvgIpc) is 2.26. The number of hydrogen-bond acceptors (Lipinski definition) is 5. The van der Waals surface area contributed by atoms with Crippen molar-refractivity contribution in [2.75, 3.05) is 20.6 Å². The van der Waals surface area contributed by atoms with Crippen molar-refractivity contribution in [2.24, 2.45) is 0 Å². The van der Waals surface area contributed by atoms with Crippen LogP contribution in [-0.2, 0) is 0 Å². The van der Waals surface area contributed by atoms with Gasteiger partial charge in [-0.3, -0.25) is 14.9 Å². The highest BCUT2D eigenvalue weighted by Crippen LogP contribution is 2.25. The fraction of sp³-hybridized carbons (Fsp3) is 0.455. The van der Waals surface area contributed by atoms with Crippen LogP contribution in [0.3, 0.4) is 0 Å². The molecule has 0 aliphatic rings. The molecule has 0 radical (unpaired) electrons. The summed E-state index contributed by atoms with van der Waals surface area (Å²) in [6.45, 7) is 2.44. The molecule has 0 aliphatic carbocycles. The maximum atomic E-state index is 12.0. The van der Waals surface area contributed by atoms with Crippen LogP contribution in [0.4, 0.5) is 5.69 Å². The van der Waals surface area contributed by atoms with E-state index >= 15 is 0 Å². The number of amides is 1. The van der Waals surface area contributed by atoms with Gasteiger partial charge in [-0.05, 0) is 27.1 Å². The van der Waals surface area contributed by atoms with E-state index in [4.69, 9.17) is 11.6 Å². The van der Waals surface area contributed by atoms with E-state index in [9.17, 15) is 14.9 Å². The van der Waals surface area contributed by atoms with E-state index in [1.165, 1.54) is 12.3 Å². The molecule has 0 aliphatic heterocycles. The number of carbonyl (C=O) groups is 1. The van der Waals surface area contributed by atoms with E-state index in [1.807, 2.05) is 25.9 Å². The fourth-order valence-electron chi connectivity index (χ4n) is 1.68. The molecule has 1 aromatic heterocycles. The number of nitrogens with zero attached hydrogens (tertiary/aromatic N) is 3. The Hall–Kier alpha value is -1.73. The van der Waals surface area contributed by atoms with Gasteiger partial charge in [0.25, 0.3) is 5.91 Å². The maximum Gasteiger partial charge on any atom is 0.319 e. The number of hydrogen-bond donors (Lipinski definition) is 1. The molecule has 1 atom stereocenters. The van der Waals surface area contributed by atoms with Crippen LogP contribution in [-0.4, -0.2) is 47.4 Å². The Morgan fingerprint density at radius 2 is 2.26 bits per heavy atom. The second-order valence-corrected chi connectivity index (χ2v) is 4.75. The lowest BCUT2D eigenvalue weighted by molar-refractivity contribution is -0.385. The van der Waals surface area contributed by atoms with Crippen LogP contribution in [0.5, 0.6) is 0 Å². The summed E-state index contributed by atoms with van der Waals surface area (Å²) in [5, 5.41) is 13.3. The van der Waals surface area contributed by atoms with E-state index in [0.29, 0.717) is 6.54 Å². The topological polar surface area (TPSA) is 88.4 Å². The predicted molar refractivity (Wildman–Crippen MR) is 71.4 cm³/mol. The SMILES string of the molecule is CC(CN(C)C)NC(=O)c1ccnc(Cl)c1[N+](=O)[O-]. The summed E-state index contributed by atoms with van der Waals surface area (Å²) in [5.41, 5.74) is -0.561. The zero-order chi connectivity index (χ0) is 14.6. The van der Waals surface area contributed by atoms with Crippen LogP contribution in [0, 0.1) is 10.1 Å². The zero-order valence-corrected chi connectivity index (χ0v) is 11.6. The van der Waals surface area contributed by atoms with Crippen LogP contribution in [0.2, 0.25) is 5.15 Å². The molecule has 0 spiro atoms. The van der Waals surface area contributed by atoms with Gasteiger partial charge in [0.15, 0.2) is 0 Å². The summed E-state index contributed by atoms with van der Waals surface area (Å²) in [6.07, 6.45) is 1.26. The van der Waals surface area contributed by atoms with Gasteiger partial charge in [0.1, 0.15) is 5.56 Å². The summed E-state index contributed by atoms with van der Waals surface area (Å²) in [6, 6.07) is 1.14. The summed E-state index contributed by atoms with van der Waals surface area (Å²) >= 11 is 5.65. The number of likely N-dealkylation sites (N-methyl/N-ethyl adjacent to an activating group) is 1. The fourth-order valence-corrected chi connectivity index (χ4v) is 1.91. The third-order valence-electron chi connectivity index (χ3n) is 2.32. The van der Waals surface area contributed by atoms with Crippen LogP contribution in [0.25, 0.3) is 0 Å². The Balaban J connectivity index is 2.94. The highest BCUT2D eigenvalue weighted by molar-refractivity contribution is 6.32. The molecule has 1 rings (SSSR count). The monoisotopic (exact) mass is 286 g/mol. The second kappa shape index (κ2) is 6.44. The number of carbonyl (C=O) groups excluding carboxylic acids is 1. The smallest absolute Gasteiger partial charge is 0.319 e. The predicted octanol–water partition coefficient (Wildman–Crippen LogP) is 1.32. The molecule has 0 saturated heterocycles. The van der Waals surface area contributed by atoms with Crippen molar-refractivity contribution in [2.45, 2.75) is 13.0 Å². The van der Waals surface area contributed by atoms with Crippen molar-refractivity contribution in [1.82, 2.24) is 15.2 Å². The van der Waals surface area contributed by atoms with Crippen molar-refractivity contribution < 1.29 is 9.72 Å². The van der Waals surface area contributed by atoms with Crippen LogP contribution >= 0.6 is 11.6 Å². The Bertz CT molecular complexity index is 493. The minimum absolute atomic E-state index is 0.0874. The number of pyridine rings is 1. The summed E-state index contributed by atoms with van der Waals surface area (Å²) in [7, 11) is 3.74. The first-order valence-electron chi connectivity index (χ1n) is 5.57. The van der Waals surface area contributed by atoms with Gasteiger partial charge in [-0.1, -0.05) is 11.6 Å². The lowest BCUT2D eigenvalue weighted by Gasteiger charge is -2.18. The van der Waals surface area contributed by atoms with Gasteiger partial charge in [-0.2, -0.15) is 0 Å². The molecule has 19 heavy (non-hydrogen) atoms. The number of aromatic nitrogens is 1. The summed E-state index contributed by atoms with van der Waals surface area (Å²) in [5.74, 6) is -0.537. The van der Waals surface area contributed by atoms with Gasteiger partial charge >= 0.3 is 5.69 Å². The quantitative estimate of drug-likeness (QED) is 0.501. The van der Waals surface area contributed by atoms with Crippen LogP contribution < -0.4 is 5.32 Å². The zero-order valence-electron chi connectivity index (χ0n) is 10.9. The summed E-state index contributed by atoms with van der Waals surface area (Å²) in [4.78, 5) is 27.7. The largest absolute Gasteiger partial charge is 0.348 e. The number of rotatable bonds is 5. The Kier molecular flexibility index (Phi) is 5.20. The highest BCUT2D eigenvalue weighted by atomic mass is 35.5. The lowest BCUT2D eigenvalue weighted by Crippen LogP contribution is -2.39. The first-order chi connectivity index (χ1) is 8.82. The number of halogens is 1. The third-order valence-corrected chi connectivity index (χ3v) is 2.60. The molecule has 0 fully saturated rings. The molecular weight excluding hydrogens is 272 g/mol. The lowest BCUT2D eigenvalue weighted by atomic mass is 10.2. The van der Waals surface area contributed by atoms with Crippen molar-refractivity contribution in [3.8, 4) is 0 Å². The van der Waals surface area contributed by atoms with Crippen molar-refractivity contribution in [1.29, 1.82) is 0 Å². The molecule has 8 heteroatoms. The molecule has 0 bridgehead atoms. The Labute approximate surface area is 115 Å². The standard InChI is InChI=1S/C11H15ClN4O3/c1-7(6-15(2)3)14-11(17)8-4-5-13-10(12)9(8)16(18)19/h4-5,7H,6H2,1-3H3,(H,14,17). The van der Waals surface area contributed by atoms with Crippen molar-refractivity contribution >= 4 is 23.2 Å². The first-order valence-corrected chi connectivity index (χ1v) is 5.95. The average molecular weight is 287 g/mol. The molecule has 104 valence electrons. The molecule has 1 aromatic rings. The Morgan fingerprint density at radius 1 is 1.63 bits per heavy atom. The normalized spacial score (nSPS) is 12.3.